The SMILES string of the molecule is CC(=O)Nc1cc2n(n1)CCC(C(=O)c1ccc(N(C(=O)OC(C)(C)C)C(=O)OC(C)(C)C)nc1)C2=O. The summed E-state index contributed by atoms with van der Waals surface area (Å²) in [5.74, 6) is -2.04. The van der Waals surface area contributed by atoms with Crippen molar-refractivity contribution in [2.75, 3.05) is 10.2 Å². The van der Waals surface area contributed by atoms with Gasteiger partial charge in [-0.05, 0) is 60.1 Å². The summed E-state index contributed by atoms with van der Waals surface area (Å²) in [6, 6.07) is 4.13. The van der Waals surface area contributed by atoms with Crippen molar-refractivity contribution in [1.29, 1.82) is 0 Å². The van der Waals surface area contributed by atoms with Gasteiger partial charge in [0.05, 0.1) is 5.92 Å². The fourth-order valence-electron chi connectivity index (χ4n) is 3.58. The molecule has 1 N–H and O–H groups in total. The highest BCUT2D eigenvalue weighted by molar-refractivity contribution is 6.16. The maximum Gasteiger partial charge on any atom is 0.425 e. The highest BCUT2D eigenvalue weighted by atomic mass is 16.6. The predicted molar refractivity (Wildman–Crippen MR) is 132 cm³/mol. The van der Waals surface area contributed by atoms with Crippen molar-refractivity contribution < 1.29 is 33.4 Å². The number of anilines is 2. The molecule has 1 aliphatic heterocycles. The molecule has 1 atom stereocenters. The Morgan fingerprint density at radius 1 is 1.03 bits per heavy atom. The van der Waals surface area contributed by atoms with E-state index >= 15 is 0 Å². The third-order valence-electron chi connectivity index (χ3n) is 5.01. The summed E-state index contributed by atoms with van der Waals surface area (Å²) in [5.41, 5.74) is -1.42. The highest BCUT2D eigenvalue weighted by Crippen LogP contribution is 2.27. The van der Waals surface area contributed by atoms with Gasteiger partial charge in [-0.1, -0.05) is 0 Å². The van der Waals surface area contributed by atoms with Crippen molar-refractivity contribution in [1.82, 2.24) is 14.8 Å². The largest absolute Gasteiger partial charge is 0.443 e. The molecule has 1 unspecified atom stereocenters. The third kappa shape index (κ3) is 6.78. The maximum atomic E-state index is 13.2. The lowest BCUT2D eigenvalue weighted by molar-refractivity contribution is -0.114. The maximum absolute atomic E-state index is 13.2. The summed E-state index contributed by atoms with van der Waals surface area (Å²) >= 11 is 0. The van der Waals surface area contributed by atoms with Gasteiger partial charge in [0.1, 0.15) is 22.7 Å². The van der Waals surface area contributed by atoms with E-state index in [0.29, 0.717) is 11.4 Å². The van der Waals surface area contributed by atoms with Gasteiger partial charge in [-0.3, -0.25) is 19.1 Å². The third-order valence-corrected chi connectivity index (χ3v) is 5.01. The fraction of sp³-hybridized carbons (Fsp3) is 0.480. The van der Waals surface area contributed by atoms with Gasteiger partial charge in [0.25, 0.3) is 0 Å². The van der Waals surface area contributed by atoms with E-state index in [2.05, 4.69) is 15.4 Å². The number of rotatable bonds is 4. The zero-order valence-corrected chi connectivity index (χ0v) is 21.9. The van der Waals surface area contributed by atoms with E-state index in [1.807, 2.05) is 0 Å². The molecule has 3 amide bonds. The Morgan fingerprint density at radius 2 is 1.62 bits per heavy atom. The molecule has 12 nitrogen and oxygen atoms in total. The number of aromatic nitrogens is 3. The molecule has 37 heavy (non-hydrogen) atoms. The molecule has 2 aromatic heterocycles. The van der Waals surface area contributed by atoms with Crippen LogP contribution in [0.1, 0.15) is 75.7 Å². The van der Waals surface area contributed by atoms with Gasteiger partial charge in [0, 0.05) is 31.3 Å². The molecule has 0 radical (unpaired) electrons. The molecule has 3 heterocycles. The Balaban J connectivity index is 1.84. The van der Waals surface area contributed by atoms with E-state index in [4.69, 9.17) is 9.47 Å². The summed E-state index contributed by atoms with van der Waals surface area (Å²) in [5, 5.41) is 6.69. The van der Waals surface area contributed by atoms with Crippen molar-refractivity contribution in [2.24, 2.45) is 5.92 Å². The minimum atomic E-state index is -0.987. The van der Waals surface area contributed by atoms with Gasteiger partial charge < -0.3 is 14.8 Å². The van der Waals surface area contributed by atoms with Gasteiger partial charge in [0.2, 0.25) is 5.91 Å². The Hall–Kier alpha value is -4.09. The van der Waals surface area contributed by atoms with Crippen molar-refractivity contribution >= 4 is 41.3 Å². The van der Waals surface area contributed by atoms with Gasteiger partial charge in [-0.2, -0.15) is 10.00 Å². The highest BCUT2D eigenvalue weighted by Gasteiger charge is 2.36. The van der Waals surface area contributed by atoms with Gasteiger partial charge in [0.15, 0.2) is 17.4 Å². The van der Waals surface area contributed by atoms with Crippen LogP contribution >= 0.6 is 0 Å². The molecule has 0 aromatic carbocycles. The van der Waals surface area contributed by atoms with Crippen LogP contribution in [0.5, 0.6) is 0 Å². The normalized spacial score (nSPS) is 15.4. The summed E-state index contributed by atoms with van der Waals surface area (Å²) in [6.45, 7) is 11.6. The van der Waals surface area contributed by atoms with Crippen molar-refractivity contribution in [2.45, 2.75) is 72.6 Å². The second-order valence-corrected chi connectivity index (χ2v) is 10.6. The molecule has 0 bridgehead atoms. The number of Topliss-reactive ketones (excluding diaryl/α,β-unsaturated/α-hetero) is 2. The van der Waals surface area contributed by atoms with Crippen LogP contribution in [0.4, 0.5) is 21.2 Å². The molecule has 198 valence electrons. The van der Waals surface area contributed by atoms with Crippen LogP contribution in [0.3, 0.4) is 0 Å². The lowest BCUT2D eigenvalue weighted by Gasteiger charge is -2.28. The van der Waals surface area contributed by atoms with E-state index in [-0.39, 0.29) is 35.2 Å². The Morgan fingerprint density at radius 3 is 2.11 bits per heavy atom. The van der Waals surface area contributed by atoms with Crippen molar-refractivity contribution in [3.63, 3.8) is 0 Å². The number of carbonyl (C=O) groups is 5. The number of ether oxygens (including phenoxy) is 2. The van der Waals surface area contributed by atoms with E-state index in [0.717, 1.165) is 0 Å². The Bertz CT molecular complexity index is 1210. The average molecular weight is 514 g/mol. The first-order valence-corrected chi connectivity index (χ1v) is 11.7. The summed E-state index contributed by atoms with van der Waals surface area (Å²) in [7, 11) is 0. The molecule has 0 saturated heterocycles. The molecule has 1 aliphatic rings. The van der Waals surface area contributed by atoms with Gasteiger partial charge >= 0.3 is 12.2 Å². The fourth-order valence-corrected chi connectivity index (χ4v) is 3.58. The lowest BCUT2D eigenvalue weighted by atomic mass is 9.88. The number of hydrogen-bond acceptors (Lipinski definition) is 9. The smallest absolute Gasteiger partial charge is 0.425 e. The number of ketones is 2. The molecule has 3 rings (SSSR count). The lowest BCUT2D eigenvalue weighted by Crippen LogP contribution is -2.44. The molecule has 0 aliphatic carbocycles. The number of amides is 3. The number of imide groups is 1. The van der Waals surface area contributed by atoms with E-state index < -0.39 is 40.9 Å². The van der Waals surface area contributed by atoms with Gasteiger partial charge in [-0.15, -0.1) is 0 Å². The second-order valence-electron chi connectivity index (χ2n) is 10.6. The van der Waals surface area contributed by atoms with E-state index in [1.165, 1.54) is 36.0 Å². The van der Waals surface area contributed by atoms with Crippen LogP contribution in [0, 0.1) is 5.92 Å². The minimum absolute atomic E-state index is 0.104. The standard InChI is InChI=1S/C25H31N5O7/c1-14(31)27-18-12-17-21(33)16(10-11-29(17)28-18)20(32)15-8-9-19(26-13-15)30(22(34)36-24(2,3)4)23(35)37-25(5,6)7/h8-9,12-13,16H,10-11H2,1-7H3,(H,27,28,31). The Kier molecular flexibility index (Phi) is 7.51. The van der Waals surface area contributed by atoms with Crippen LogP contribution in [-0.2, 0) is 20.8 Å². The molecule has 0 saturated carbocycles. The number of nitrogens with zero attached hydrogens (tertiary/aromatic N) is 4. The Labute approximate surface area is 214 Å². The molecular weight excluding hydrogens is 482 g/mol. The van der Waals surface area contributed by atoms with Crippen molar-refractivity contribution in [3.8, 4) is 0 Å². The molecule has 0 spiro atoms. The predicted octanol–water partition coefficient (Wildman–Crippen LogP) is 4.00. The number of pyridine rings is 1. The first-order valence-electron chi connectivity index (χ1n) is 11.7. The summed E-state index contributed by atoms with van der Waals surface area (Å²) in [4.78, 5) is 67.8. The average Bonchev–Trinajstić information content (AvgIpc) is 3.14. The number of fused-ring (bicyclic) bond motifs is 1. The van der Waals surface area contributed by atoms with Gasteiger partial charge in [-0.25, -0.2) is 14.6 Å². The second kappa shape index (κ2) is 10.1. The summed E-state index contributed by atoms with van der Waals surface area (Å²) < 4.78 is 12.1. The molecule has 12 heteroatoms. The number of nitrogens with one attached hydrogen (secondary N) is 1. The monoisotopic (exact) mass is 513 g/mol. The number of hydrogen-bond donors (Lipinski definition) is 1. The zero-order valence-electron chi connectivity index (χ0n) is 21.9. The van der Waals surface area contributed by atoms with E-state index in [1.54, 1.807) is 41.5 Å². The molecule has 2 aromatic rings. The van der Waals surface area contributed by atoms with Crippen LogP contribution < -0.4 is 10.2 Å². The first-order chi connectivity index (χ1) is 17.1. The first kappa shape index (κ1) is 27.5. The minimum Gasteiger partial charge on any atom is -0.443 e. The summed E-state index contributed by atoms with van der Waals surface area (Å²) in [6.07, 6.45) is -0.560. The van der Waals surface area contributed by atoms with Crippen LogP contribution in [0.25, 0.3) is 0 Å². The molecule has 0 fully saturated rings. The van der Waals surface area contributed by atoms with Crippen molar-refractivity contribution in [3.05, 3.63) is 35.7 Å². The van der Waals surface area contributed by atoms with Crippen LogP contribution in [0.2, 0.25) is 0 Å². The van der Waals surface area contributed by atoms with Crippen LogP contribution in [-0.4, -0.2) is 55.6 Å². The topological polar surface area (TPSA) is 150 Å². The quantitative estimate of drug-likeness (QED) is 0.473. The number of aryl methyl sites for hydroxylation is 1. The van der Waals surface area contributed by atoms with E-state index in [9.17, 15) is 24.0 Å². The number of carbonyl (C=O) groups excluding carboxylic acids is 5. The van der Waals surface area contributed by atoms with Crippen LogP contribution in [0.15, 0.2) is 24.4 Å². The molecular formula is C25H31N5O7. The zero-order chi connectivity index (χ0) is 27.7.